The van der Waals surface area contributed by atoms with Crippen LogP contribution in [0.25, 0.3) is 11.0 Å². The van der Waals surface area contributed by atoms with Crippen molar-refractivity contribution in [2.75, 3.05) is 35.9 Å². The lowest BCUT2D eigenvalue weighted by Crippen LogP contribution is -2.33. The van der Waals surface area contributed by atoms with E-state index in [0.717, 1.165) is 45.6 Å². The summed E-state index contributed by atoms with van der Waals surface area (Å²) in [5.41, 5.74) is 2.11. The molecule has 2 saturated heterocycles. The molecule has 0 atom stereocenters. The molecule has 3 aromatic rings. The summed E-state index contributed by atoms with van der Waals surface area (Å²) in [6.45, 7) is 3.00. The van der Waals surface area contributed by atoms with Crippen LogP contribution in [-0.2, 0) is 14.8 Å². The summed E-state index contributed by atoms with van der Waals surface area (Å²) in [5.74, 6) is -0.448. The molecule has 2 aliphatic rings. The average Bonchev–Trinajstić information content (AvgIpc) is 3.43. The molecule has 10 nitrogen and oxygen atoms in total. The van der Waals surface area contributed by atoms with Gasteiger partial charge >= 0.3 is 5.91 Å². The number of benzene rings is 1. The number of furan rings is 1. The number of ether oxygens (including phenoxy) is 1. The second kappa shape index (κ2) is 8.73. The quantitative estimate of drug-likeness (QED) is 0.354. The highest BCUT2D eigenvalue weighted by atomic mass is 35.5. The Morgan fingerprint density at radius 3 is 2.74 bits per heavy atom. The number of fused-ring (bicyclic) bond motifs is 1. The zero-order valence-corrected chi connectivity index (χ0v) is 19.7. The van der Waals surface area contributed by atoms with Crippen LogP contribution in [0.5, 0.6) is 0 Å². The number of halogens is 1. The van der Waals surface area contributed by atoms with E-state index in [4.69, 9.17) is 26.0 Å². The van der Waals surface area contributed by atoms with Gasteiger partial charge in [0.1, 0.15) is 5.58 Å². The molecule has 3 N–H and O–H groups in total. The predicted molar refractivity (Wildman–Crippen MR) is 125 cm³/mol. The number of hydroxylamine groups is 1. The van der Waals surface area contributed by atoms with Crippen LogP contribution in [0.2, 0.25) is 5.02 Å². The first-order valence-corrected chi connectivity index (χ1v) is 12.6. The first-order chi connectivity index (χ1) is 16.3. The Morgan fingerprint density at radius 2 is 1.97 bits per heavy atom. The Morgan fingerprint density at radius 1 is 1.18 bits per heavy atom. The number of pyridine rings is 1. The Labute approximate surface area is 200 Å². The van der Waals surface area contributed by atoms with E-state index in [-0.39, 0.29) is 27.3 Å². The van der Waals surface area contributed by atoms with Crippen molar-refractivity contribution >= 4 is 50.0 Å². The maximum Gasteiger partial charge on any atom is 0.310 e. The average molecular weight is 507 g/mol. The number of sulfonamides is 1. The minimum Gasteiger partial charge on any atom is -0.451 e. The van der Waals surface area contributed by atoms with E-state index in [9.17, 15) is 13.2 Å². The van der Waals surface area contributed by atoms with Crippen LogP contribution < -0.4 is 15.1 Å². The van der Waals surface area contributed by atoms with Crippen LogP contribution in [0.15, 0.2) is 45.8 Å². The third-order valence-corrected chi connectivity index (χ3v) is 8.07. The summed E-state index contributed by atoms with van der Waals surface area (Å²) >= 11 is 6.16. The van der Waals surface area contributed by atoms with Gasteiger partial charge in [-0.05, 0) is 48.9 Å². The molecule has 4 heterocycles. The van der Waals surface area contributed by atoms with Crippen LogP contribution in [-0.4, -0.2) is 50.8 Å². The van der Waals surface area contributed by atoms with Gasteiger partial charge in [-0.25, -0.2) is 18.9 Å². The largest absolute Gasteiger partial charge is 0.451 e. The molecule has 2 fully saturated rings. The Balaban J connectivity index is 1.43. The molecule has 2 aromatic heterocycles. The molecular weight excluding hydrogens is 484 g/mol. The number of anilines is 2. The maximum atomic E-state index is 13.2. The summed E-state index contributed by atoms with van der Waals surface area (Å²) in [6.07, 6.45) is 4.44. The number of nitrogens with one attached hydrogen (secondary N) is 2. The lowest BCUT2D eigenvalue weighted by Gasteiger charge is -2.33. The van der Waals surface area contributed by atoms with Crippen molar-refractivity contribution in [3.8, 4) is 0 Å². The standard InChI is InChI=1S/C22H23ClN4O6S/c23-15-10-17(20(24-12-15)27-6-3-22(13-27)4-7-32-8-5-22)26-34(30,31)16-2-1-14-9-19(21(28)25-29)33-18(14)11-16/h1-2,9-12,26,29H,3-8,13H2,(H,25,28). The highest BCUT2D eigenvalue weighted by molar-refractivity contribution is 7.92. The minimum atomic E-state index is -4.03. The first kappa shape index (κ1) is 22.9. The first-order valence-electron chi connectivity index (χ1n) is 10.8. The lowest BCUT2D eigenvalue weighted by molar-refractivity contribution is 0.0254. The molecule has 5 rings (SSSR count). The van der Waals surface area contributed by atoms with Gasteiger partial charge in [0.15, 0.2) is 11.6 Å². The van der Waals surface area contributed by atoms with Gasteiger partial charge in [-0.15, -0.1) is 0 Å². The number of hydrogen-bond donors (Lipinski definition) is 3. The number of carbonyl (C=O) groups excluding carboxylic acids is 1. The topological polar surface area (TPSA) is 134 Å². The molecule has 34 heavy (non-hydrogen) atoms. The van der Waals surface area contributed by atoms with Crippen molar-refractivity contribution in [3.63, 3.8) is 0 Å². The molecule has 2 aliphatic heterocycles. The minimum absolute atomic E-state index is 0.0569. The van der Waals surface area contributed by atoms with Crippen molar-refractivity contribution in [1.82, 2.24) is 10.5 Å². The van der Waals surface area contributed by atoms with Gasteiger partial charge in [-0.3, -0.25) is 14.7 Å². The molecule has 0 radical (unpaired) electrons. The van der Waals surface area contributed by atoms with Crippen molar-refractivity contribution in [2.45, 2.75) is 24.2 Å². The van der Waals surface area contributed by atoms with E-state index in [0.29, 0.717) is 16.2 Å². The fourth-order valence-electron chi connectivity index (χ4n) is 4.64. The SMILES string of the molecule is O=C(NO)c1cc2ccc(S(=O)(=O)Nc3cc(Cl)cnc3N3CCC4(CCOCC4)C3)cc2o1. The summed E-state index contributed by atoms with van der Waals surface area (Å²) < 4.78 is 40.0. The van der Waals surface area contributed by atoms with Crippen molar-refractivity contribution in [1.29, 1.82) is 0 Å². The number of carbonyl (C=O) groups is 1. The number of amides is 1. The second-order valence-electron chi connectivity index (χ2n) is 8.67. The van der Waals surface area contributed by atoms with Gasteiger partial charge < -0.3 is 14.1 Å². The molecule has 1 spiro atoms. The van der Waals surface area contributed by atoms with E-state index >= 15 is 0 Å². The van der Waals surface area contributed by atoms with Crippen LogP contribution in [0, 0.1) is 5.41 Å². The molecule has 12 heteroatoms. The molecule has 180 valence electrons. The smallest absolute Gasteiger partial charge is 0.310 e. The molecule has 1 aromatic carbocycles. The molecule has 0 saturated carbocycles. The molecule has 0 unspecified atom stereocenters. The Kier molecular flexibility index (Phi) is 5.88. The zero-order valence-electron chi connectivity index (χ0n) is 18.1. The summed E-state index contributed by atoms with van der Waals surface area (Å²) in [5, 5.41) is 9.61. The van der Waals surface area contributed by atoms with Crippen LogP contribution in [0.4, 0.5) is 11.5 Å². The van der Waals surface area contributed by atoms with Crippen molar-refractivity contribution < 1.29 is 27.6 Å². The number of nitrogens with zero attached hydrogens (tertiary/aromatic N) is 2. The number of rotatable bonds is 5. The summed E-state index contributed by atoms with van der Waals surface area (Å²) in [4.78, 5) is 18.1. The van der Waals surface area contributed by atoms with E-state index in [1.807, 2.05) is 0 Å². The van der Waals surface area contributed by atoms with E-state index in [1.165, 1.54) is 35.9 Å². The highest BCUT2D eigenvalue weighted by Crippen LogP contribution is 2.43. The van der Waals surface area contributed by atoms with E-state index < -0.39 is 15.9 Å². The third kappa shape index (κ3) is 4.31. The highest BCUT2D eigenvalue weighted by Gasteiger charge is 2.40. The fraction of sp³-hybridized carbons (Fsp3) is 0.364. The van der Waals surface area contributed by atoms with Gasteiger partial charge in [-0.1, -0.05) is 11.6 Å². The van der Waals surface area contributed by atoms with Gasteiger partial charge in [0.2, 0.25) is 0 Å². The Bertz CT molecular complexity index is 1350. The van der Waals surface area contributed by atoms with Crippen molar-refractivity contribution in [3.05, 3.63) is 47.3 Å². The van der Waals surface area contributed by atoms with Crippen LogP contribution >= 0.6 is 11.6 Å². The number of hydrogen-bond acceptors (Lipinski definition) is 8. The molecule has 0 bridgehead atoms. The maximum absolute atomic E-state index is 13.2. The molecular formula is C22H23ClN4O6S. The predicted octanol–water partition coefficient (Wildman–Crippen LogP) is 3.41. The Hall–Kier alpha value is -2.86. The van der Waals surface area contributed by atoms with Gasteiger partial charge in [0, 0.05) is 44.0 Å². The van der Waals surface area contributed by atoms with E-state index in [1.54, 1.807) is 6.07 Å². The van der Waals surface area contributed by atoms with Crippen LogP contribution in [0.1, 0.15) is 29.8 Å². The zero-order chi connectivity index (χ0) is 23.9. The van der Waals surface area contributed by atoms with Crippen molar-refractivity contribution in [2.24, 2.45) is 5.41 Å². The summed E-state index contributed by atoms with van der Waals surface area (Å²) in [6, 6.07) is 7.20. The third-order valence-electron chi connectivity index (χ3n) is 6.50. The fourth-order valence-corrected chi connectivity index (χ4v) is 5.86. The monoisotopic (exact) mass is 506 g/mol. The normalized spacial score (nSPS) is 17.9. The van der Waals surface area contributed by atoms with Gasteiger partial charge in [-0.2, -0.15) is 0 Å². The number of aromatic nitrogens is 1. The second-order valence-corrected chi connectivity index (χ2v) is 10.8. The van der Waals surface area contributed by atoms with Crippen LogP contribution in [0.3, 0.4) is 0 Å². The van der Waals surface area contributed by atoms with E-state index in [2.05, 4.69) is 14.6 Å². The van der Waals surface area contributed by atoms with Gasteiger partial charge in [0.05, 0.1) is 15.6 Å². The summed E-state index contributed by atoms with van der Waals surface area (Å²) in [7, 11) is -4.03. The molecule has 0 aliphatic carbocycles. The lowest BCUT2D eigenvalue weighted by atomic mass is 9.80. The molecule has 1 amide bonds. The van der Waals surface area contributed by atoms with Gasteiger partial charge in [0.25, 0.3) is 10.0 Å².